The number of aliphatic hydroxyl groups excluding tert-OH is 1. The Balaban J connectivity index is 2.36. The number of amides is 2. The van der Waals surface area contributed by atoms with Crippen LogP contribution in [0.3, 0.4) is 0 Å². The van der Waals surface area contributed by atoms with Crippen molar-refractivity contribution >= 4 is 12.0 Å². The zero-order valence-electron chi connectivity index (χ0n) is 10.00. The van der Waals surface area contributed by atoms with E-state index in [2.05, 4.69) is 0 Å². The highest BCUT2D eigenvalue weighted by atomic mass is 16.5. The number of imide groups is 1. The van der Waals surface area contributed by atoms with E-state index in [-0.39, 0.29) is 6.61 Å². The third kappa shape index (κ3) is 4.52. The molecule has 98 valence electrons. The second kappa shape index (κ2) is 6.73. The second-order valence-electron chi connectivity index (χ2n) is 3.82. The van der Waals surface area contributed by atoms with Gasteiger partial charge in [0.05, 0.1) is 6.10 Å². The fraction of sp³-hybridized carbons (Fsp3) is 0.333. The number of carbonyl (C=O) groups excluding carboxylic acids is 2. The van der Waals surface area contributed by atoms with E-state index < -0.39 is 24.1 Å². The highest BCUT2D eigenvalue weighted by molar-refractivity contribution is 5.95. The van der Waals surface area contributed by atoms with Gasteiger partial charge in [0.2, 0.25) is 5.91 Å². The monoisotopic (exact) mass is 252 g/mol. The lowest BCUT2D eigenvalue weighted by Gasteiger charge is -2.13. The maximum absolute atomic E-state index is 11.3. The summed E-state index contributed by atoms with van der Waals surface area (Å²) >= 11 is 0. The van der Waals surface area contributed by atoms with Crippen LogP contribution in [0.5, 0.6) is 0 Å². The van der Waals surface area contributed by atoms with Crippen LogP contribution in [0, 0.1) is 0 Å². The summed E-state index contributed by atoms with van der Waals surface area (Å²) in [6.45, 7) is 1.42. The summed E-state index contributed by atoms with van der Waals surface area (Å²) in [6.07, 6.45) is -1.92. The van der Waals surface area contributed by atoms with Gasteiger partial charge in [-0.25, -0.2) is 4.79 Å². The second-order valence-corrected chi connectivity index (χ2v) is 3.82. The summed E-state index contributed by atoms with van der Waals surface area (Å²) in [7, 11) is 0. The average molecular weight is 252 g/mol. The van der Waals surface area contributed by atoms with Crippen LogP contribution in [0.1, 0.15) is 12.5 Å². The van der Waals surface area contributed by atoms with Gasteiger partial charge in [-0.15, -0.1) is 0 Å². The molecule has 2 atom stereocenters. The molecule has 1 aromatic rings. The number of benzene rings is 1. The molecule has 0 aromatic heterocycles. The quantitative estimate of drug-likeness (QED) is 0.708. The summed E-state index contributed by atoms with van der Waals surface area (Å²) in [5.74, 6) is -0.775. The summed E-state index contributed by atoms with van der Waals surface area (Å²) < 4.78 is 4.82. The van der Waals surface area contributed by atoms with E-state index in [1.165, 1.54) is 6.92 Å². The van der Waals surface area contributed by atoms with Gasteiger partial charge < -0.3 is 15.6 Å². The van der Waals surface area contributed by atoms with Crippen molar-refractivity contribution in [3.63, 3.8) is 0 Å². The number of hydrogen-bond donors (Lipinski definition) is 3. The Kier molecular flexibility index (Phi) is 5.29. The molecule has 0 saturated carbocycles. The predicted molar refractivity (Wildman–Crippen MR) is 64.4 cm³/mol. The van der Waals surface area contributed by atoms with Crippen molar-refractivity contribution in [3.8, 4) is 0 Å². The van der Waals surface area contributed by atoms with E-state index in [1.54, 1.807) is 12.1 Å². The number of carbonyl (C=O) groups is 2. The van der Waals surface area contributed by atoms with Crippen molar-refractivity contribution < 1.29 is 19.4 Å². The van der Waals surface area contributed by atoms with Crippen molar-refractivity contribution in [2.75, 3.05) is 0 Å². The molecule has 18 heavy (non-hydrogen) atoms. The molecule has 0 heterocycles. The molecule has 2 amide bonds. The number of alkyl carbamates (subject to hydrolysis) is 1. The lowest BCUT2D eigenvalue weighted by Crippen LogP contribution is -2.49. The molecule has 0 aliphatic rings. The summed E-state index contributed by atoms with van der Waals surface area (Å²) in [5.41, 5.74) is 6.15. The van der Waals surface area contributed by atoms with Crippen molar-refractivity contribution in [2.24, 2.45) is 5.73 Å². The van der Waals surface area contributed by atoms with Gasteiger partial charge >= 0.3 is 6.09 Å². The Hall–Kier alpha value is -1.92. The van der Waals surface area contributed by atoms with Crippen LogP contribution in [0.25, 0.3) is 0 Å². The summed E-state index contributed by atoms with van der Waals surface area (Å²) in [5, 5.41) is 11.0. The molecule has 1 unspecified atom stereocenters. The number of ether oxygens (including phenoxy) is 1. The van der Waals surface area contributed by atoms with Gasteiger partial charge in [0.1, 0.15) is 12.6 Å². The number of nitrogens with two attached hydrogens (primary N) is 1. The first-order valence-electron chi connectivity index (χ1n) is 5.46. The maximum Gasteiger partial charge on any atom is 0.414 e. The van der Waals surface area contributed by atoms with E-state index >= 15 is 0 Å². The van der Waals surface area contributed by atoms with Gasteiger partial charge in [-0.05, 0) is 12.5 Å². The van der Waals surface area contributed by atoms with E-state index in [1.807, 2.05) is 23.5 Å². The molecule has 0 aliphatic carbocycles. The van der Waals surface area contributed by atoms with Crippen molar-refractivity contribution in [3.05, 3.63) is 35.9 Å². The fourth-order valence-electron chi connectivity index (χ4n) is 1.16. The first-order chi connectivity index (χ1) is 8.50. The number of hydrogen-bond acceptors (Lipinski definition) is 5. The van der Waals surface area contributed by atoms with E-state index in [0.717, 1.165) is 5.56 Å². The standard InChI is InChI=1S/C12H16N2O4/c1-8(15)10(13)11(16)14-12(17)18-7-9-5-3-2-4-6-9/h2-6,8,10,15H,7,13H2,1H3,(H,14,16,17)/t8?,10-/m0/s1. The first kappa shape index (κ1) is 14.1. The number of aliphatic hydroxyl groups is 1. The Morgan fingerprint density at radius 1 is 1.39 bits per heavy atom. The molecule has 0 radical (unpaired) electrons. The molecule has 0 spiro atoms. The number of nitrogens with one attached hydrogen (secondary N) is 1. The maximum atomic E-state index is 11.3. The fourth-order valence-corrected chi connectivity index (χ4v) is 1.16. The van der Waals surface area contributed by atoms with Crippen molar-refractivity contribution in [1.29, 1.82) is 0 Å². The zero-order chi connectivity index (χ0) is 13.5. The predicted octanol–water partition coefficient (Wildman–Crippen LogP) is 0.147. The number of rotatable bonds is 4. The normalized spacial score (nSPS) is 13.5. The first-order valence-corrected chi connectivity index (χ1v) is 5.46. The largest absolute Gasteiger partial charge is 0.444 e. The van der Waals surface area contributed by atoms with Gasteiger partial charge in [-0.3, -0.25) is 10.1 Å². The minimum atomic E-state index is -1.16. The van der Waals surface area contributed by atoms with Gasteiger partial charge in [0, 0.05) is 0 Å². The van der Waals surface area contributed by atoms with Gasteiger partial charge in [-0.2, -0.15) is 0 Å². The van der Waals surface area contributed by atoms with E-state index in [0.29, 0.717) is 0 Å². The summed E-state index contributed by atoms with van der Waals surface area (Å²) in [4.78, 5) is 22.6. The van der Waals surface area contributed by atoms with Gasteiger partial charge in [-0.1, -0.05) is 30.3 Å². The van der Waals surface area contributed by atoms with Crippen LogP contribution in [0.4, 0.5) is 4.79 Å². The van der Waals surface area contributed by atoms with Crippen molar-refractivity contribution in [1.82, 2.24) is 5.32 Å². The SMILES string of the molecule is CC(O)[C@H](N)C(=O)NC(=O)OCc1ccccc1. The molecule has 1 aromatic carbocycles. The van der Waals surface area contributed by atoms with E-state index in [9.17, 15) is 9.59 Å². The highest BCUT2D eigenvalue weighted by Gasteiger charge is 2.21. The third-order valence-electron chi connectivity index (χ3n) is 2.26. The van der Waals surface area contributed by atoms with Crippen molar-refractivity contribution in [2.45, 2.75) is 25.7 Å². The molecule has 1 rings (SSSR count). The Morgan fingerprint density at radius 2 is 2.00 bits per heavy atom. The highest BCUT2D eigenvalue weighted by Crippen LogP contribution is 2.00. The molecule has 0 fully saturated rings. The molecule has 6 heteroatoms. The smallest absolute Gasteiger partial charge is 0.414 e. The lowest BCUT2D eigenvalue weighted by atomic mass is 10.2. The minimum absolute atomic E-state index is 0.0594. The molecular weight excluding hydrogens is 236 g/mol. The lowest BCUT2D eigenvalue weighted by molar-refractivity contribution is -0.123. The Labute approximate surface area is 105 Å². The third-order valence-corrected chi connectivity index (χ3v) is 2.26. The average Bonchev–Trinajstić information content (AvgIpc) is 2.36. The molecular formula is C12H16N2O4. The molecule has 0 bridgehead atoms. The van der Waals surface area contributed by atoms with Crippen LogP contribution < -0.4 is 11.1 Å². The minimum Gasteiger partial charge on any atom is -0.444 e. The van der Waals surface area contributed by atoms with Gasteiger partial charge in [0.25, 0.3) is 0 Å². The molecule has 0 aliphatic heterocycles. The molecule has 4 N–H and O–H groups in total. The van der Waals surface area contributed by atoms with Gasteiger partial charge in [0.15, 0.2) is 0 Å². The zero-order valence-corrected chi connectivity index (χ0v) is 10.00. The summed E-state index contributed by atoms with van der Waals surface area (Å²) in [6, 6.07) is 7.88. The van der Waals surface area contributed by atoms with Crippen LogP contribution in [0.15, 0.2) is 30.3 Å². The molecule has 6 nitrogen and oxygen atoms in total. The van der Waals surface area contributed by atoms with Crippen LogP contribution in [-0.4, -0.2) is 29.3 Å². The van der Waals surface area contributed by atoms with Crippen LogP contribution in [-0.2, 0) is 16.1 Å². The Morgan fingerprint density at radius 3 is 2.56 bits per heavy atom. The Bertz CT molecular complexity index is 406. The molecule has 0 saturated heterocycles. The van der Waals surface area contributed by atoms with Crippen LogP contribution >= 0.6 is 0 Å². The van der Waals surface area contributed by atoms with E-state index in [4.69, 9.17) is 15.6 Å². The van der Waals surface area contributed by atoms with Crippen LogP contribution in [0.2, 0.25) is 0 Å². The topological polar surface area (TPSA) is 102 Å².